The van der Waals surface area contributed by atoms with Gasteiger partial charge in [-0.25, -0.2) is 0 Å². The first kappa shape index (κ1) is 9.98. The Kier molecular flexibility index (Phi) is 2.31. The molecule has 0 aliphatic carbocycles. The molecule has 0 spiro atoms. The smallest absolute Gasteiger partial charge is 0.368 e. The number of halogens is 4. The van der Waals surface area contributed by atoms with Crippen molar-refractivity contribution >= 4 is 15.9 Å². The van der Waals surface area contributed by atoms with Gasteiger partial charge >= 0.3 is 6.18 Å². The average Bonchev–Trinajstić information content (AvgIpc) is 2.85. The summed E-state index contributed by atoms with van der Waals surface area (Å²) in [7, 11) is 0. The highest BCUT2D eigenvalue weighted by Crippen LogP contribution is 2.38. The van der Waals surface area contributed by atoms with Crippen LogP contribution in [0.4, 0.5) is 13.2 Å². The molecule has 1 aromatic carbocycles. The summed E-state index contributed by atoms with van der Waals surface area (Å²) in [6.07, 6.45) is -4.46. The molecule has 0 bridgehead atoms. The van der Waals surface area contributed by atoms with Crippen LogP contribution in [-0.2, 0) is 10.9 Å². The van der Waals surface area contributed by atoms with Gasteiger partial charge in [-0.05, 0) is 17.7 Å². The van der Waals surface area contributed by atoms with Crippen molar-refractivity contribution in [2.24, 2.45) is 0 Å². The molecule has 2 rings (SSSR count). The van der Waals surface area contributed by atoms with E-state index in [0.29, 0.717) is 12.2 Å². The van der Waals surface area contributed by atoms with Gasteiger partial charge in [0, 0.05) is 4.47 Å². The molecule has 1 fully saturated rings. The van der Waals surface area contributed by atoms with E-state index in [-0.39, 0.29) is 10.6 Å². The number of alkyl halides is 3. The lowest BCUT2D eigenvalue weighted by molar-refractivity contribution is -0.138. The predicted molar refractivity (Wildman–Crippen MR) is 47.8 cm³/mol. The fourth-order valence-corrected chi connectivity index (χ4v) is 1.67. The second-order valence-electron chi connectivity index (χ2n) is 3.06. The molecular weight excluding hydrogens is 261 g/mol. The molecule has 5 heteroatoms. The SMILES string of the molecule is FC(F)(F)c1cc([C@@H]2CO2)ccc1Br. The topological polar surface area (TPSA) is 12.5 Å². The largest absolute Gasteiger partial charge is 0.417 e. The molecule has 1 atom stereocenters. The van der Waals surface area contributed by atoms with Crippen LogP contribution in [0.25, 0.3) is 0 Å². The molecule has 0 unspecified atom stereocenters. The van der Waals surface area contributed by atoms with Crippen LogP contribution in [0.15, 0.2) is 22.7 Å². The molecule has 1 aromatic rings. The summed E-state index contributed by atoms with van der Waals surface area (Å²) in [4.78, 5) is 0. The third-order valence-electron chi connectivity index (χ3n) is 2.00. The van der Waals surface area contributed by atoms with E-state index >= 15 is 0 Å². The lowest BCUT2D eigenvalue weighted by atomic mass is 10.1. The van der Waals surface area contributed by atoms with Crippen molar-refractivity contribution in [3.8, 4) is 0 Å². The Morgan fingerprint density at radius 3 is 2.50 bits per heavy atom. The second kappa shape index (κ2) is 3.24. The minimum absolute atomic E-state index is 0.0643. The van der Waals surface area contributed by atoms with Crippen LogP contribution in [-0.4, -0.2) is 6.61 Å². The van der Waals surface area contributed by atoms with Crippen molar-refractivity contribution in [2.45, 2.75) is 12.3 Å². The highest BCUT2D eigenvalue weighted by atomic mass is 79.9. The van der Waals surface area contributed by atoms with Crippen LogP contribution in [0.3, 0.4) is 0 Å². The molecule has 0 N–H and O–H groups in total. The first-order valence-corrected chi connectivity index (χ1v) is 4.76. The summed E-state index contributed by atoms with van der Waals surface area (Å²) >= 11 is 2.87. The van der Waals surface area contributed by atoms with E-state index in [2.05, 4.69) is 15.9 Å². The molecule has 1 saturated heterocycles. The molecule has 0 aromatic heterocycles. The monoisotopic (exact) mass is 266 g/mol. The number of rotatable bonds is 1. The predicted octanol–water partition coefficient (Wildman–Crippen LogP) is 3.54. The van der Waals surface area contributed by atoms with Crippen LogP contribution in [0, 0.1) is 0 Å². The quantitative estimate of drug-likeness (QED) is 0.709. The highest BCUT2D eigenvalue weighted by molar-refractivity contribution is 9.10. The summed E-state index contributed by atoms with van der Waals surface area (Å²) in [5.74, 6) is 0. The zero-order chi connectivity index (χ0) is 10.3. The maximum absolute atomic E-state index is 12.4. The zero-order valence-corrected chi connectivity index (χ0v) is 8.52. The van der Waals surface area contributed by atoms with Crippen molar-refractivity contribution in [3.05, 3.63) is 33.8 Å². The minimum atomic E-state index is -4.32. The highest BCUT2D eigenvalue weighted by Gasteiger charge is 2.35. The zero-order valence-electron chi connectivity index (χ0n) is 6.94. The average molecular weight is 267 g/mol. The molecule has 1 aliphatic rings. The van der Waals surface area contributed by atoms with Crippen molar-refractivity contribution in [1.29, 1.82) is 0 Å². The number of hydrogen-bond acceptors (Lipinski definition) is 1. The standard InChI is InChI=1S/C9H6BrF3O/c10-7-2-1-5(8-4-14-8)3-6(7)9(11,12)13/h1-3,8H,4H2/t8-/m0/s1. The molecule has 0 saturated carbocycles. The normalized spacial score (nSPS) is 21.0. The molecular formula is C9H6BrF3O. The van der Waals surface area contributed by atoms with E-state index in [0.717, 1.165) is 6.07 Å². The summed E-state index contributed by atoms with van der Waals surface area (Å²) in [6.45, 7) is 0.513. The van der Waals surface area contributed by atoms with Crippen LogP contribution < -0.4 is 0 Å². The third-order valence-corrected chi connectivity index (χ3v) is 2.69. The van der Waals surface area contributed by atoms with Gasteiger partial charge in [0.15, 0.2) is 0 Å². The van der Waals surface area contributed by atoms with E-state index in [1.807, 2.05) is 0 Å². The minimum Gasteiger partial charge on any atom is -0.368 e. The Labute approximate surface area is 87.0 Å². The van der Waals surface area contributed by atoms with Gasteiger partial charge < -0.3 is 4.74 Å². The van der Waals surface area contributed by atoms with E-state index in [9.17, 15) is 13.2 Å². The molecule has 1 nitrogen and oxygen atoms in total. The van der Waals surface area contributed by atoms with Crippen molar-refractivity contribution in [2.75, 3.05) is 6.61 Å². The fraction of sp³-hybridized carbons (Fsp3) is 0.333. The van der Waals surface area contributed by atoms with Gasteiger partial charge in [-0.1, -0.05) is 22.0 Å². The number of hydrogen-bond donors (Lipinski definition) is 0. The number of ether oxygens (including phenoxy) is 1. The first-order chi connectivity index (χ1) is 6.48. The Morgan fingerprint density at radius 1 is 1.36 bits per heavy atom. The summed E-state index contributed by atoms with van der Waals surface area (Å²) in [6, 6.07) is 4.17. The maximum atomic E-state index is 12.4. The lowest BCUT2D eigenvalue weighted by Gasteiger charge is -2.09. The van der Waals surface area contributed by atoms with Crippen LogP contribution in [0.1, 0.15) is 17.2 Å². The Morgan fingerprint density at radius 2 is 2.00 bits per heavy atom. The van der Waals surface area contributed by atoms with E-state index in [4.69, 9.17) is 4.74 Å². The summed E-state index contributed by atoms with van der Waals surface area (Å²) in [5, 5.41) is 0. The van der Waals surface area contributed by atoms with Gasteiger partial charge in [0.05, 0.1) is 12.2 Å². The van der Waals surface area contributed by atoms with Crippen LogP contribution in [0.2, 0.25) is 0 Å². The van der Waals surface area contributed by atoms with Crippen molar-refractivity contribution in [3.63, 3.8) is 0 Å². The Bertz CT molecular complexity index is 358. The van der Waals surface area contributed by atoms with Crippen LogP contribution in [0.5, 0.6) is 0 Å². The molecule has 1 aliphatic heterocycles. The van der Waals surface area contributed by atoms with Gasteiger partial charge in [0.25, 0.3) is 0 Å². The van der Waals surface area contributed by atoms with E-state index < -0.39 is 11.7 Å². The molecule has 14 heavy (non-hydrogen) atoms. The molecule has 0 amide bonds. The van der Waals surface area contributed by atoms with Gasteiger partial charge in [0.1, 0.15) is 6.10 Å². The third kappa shape index (κ3) is 1.93. The number of epoxide rings is 1. The van der Waals surface area contributed by atoms with Gasteiger partial charge in [-0.2, -0.15) is 13.2 Å². The van der Waals surface area contributed by atoms with Gasteiger partial charge in [-0.3, -0.25) is 0 Å². The van der Waals surface area contributed by atoms with Crippen molar-refractivity contribution < 1.29 is 17.9 Å². The van der Waals surface area contributed by atoms with E-state index in [1.54, 1.807) is 6.07 Å². The Hall–Kier alpha value is -0.550. The van der Waals surface area contributed by atoms with Crippen molar-refractivity contribution in [1.82, 2.24) is 0 Å². The fourth-order valence-electron chi connectivity index (χ4n) is 1.20. The first-order valence-electron chi connectivity index (χ1n) is 3.97. The number of benzene rings is 1. The Balaban J connectivity index is 2.41. The van der Waals surface area contributed by atoms with Crippen LogP contribution >= 0.6 is 15.9 Å². The summed E-state index contributed by atoms with van der Waals surface area (Å²) < 4.78 is 42.3. The lowest BCUT2D eigenvalue weighted by Crippen LogP contribution is -2.06. The molecule has 76 valence electrons. The van der Waals surface area contributed by atoms with Gasteiger partial charge in [-0.15, -0.1) is 0 Å². The molecule has 0 radical (unpaired) electrons. The summed E-state index contributed by atoms with van der Waals surface area (Å²) in [5.41, 5.74) is -0.0639. The second-order valence-corrected chi connectivity index (χ2v) is 3.91. The van der Waals surface area contributed by atoms with E-state index in [1.165, 1.54) is 6.07 Å². The van der Waals surface area contributed by atoms with Gasteiger partial charge in [0.2, 0.25) is 0 Å². The molecule has 1 heterocycles. The maximum Gasteiger partial charge on any atom is 0.417 e.